The number of hydrogen-bond acceptors (Lipinski definition) is 5. The van der Waals surface area contributed by atoms with Crippen LogP contribution in [0.15, 0.2) is 42.5 Å². The van der Waals surface area contributed by atoms with Crippen molar-refractivity contribution in [2.75, 3.05) is 30.8 Å². The van der Waals surface area contributed by atoms with Gasteiger partial charge in [-0.25, -0.2) is 8.42 Å². The number of unbranched alkanes of at least 4 members (excludes halogenated alkanes) is 1. The van der Waals surface area contributed by atoms with Gasteiger partial charge in [-0.15, -0.1) is 0 Å². The first-order valence-corrected chi connectivity index (χ1v) is 14.2. The Balaban J connectivity index is 2.45. The van der Waals surface area contributed by atoms with Gasteiger partial charge in [0.15, 0.2) is 0 Å². The molecule has 1 N–H and O–H groups in total. The van der Waals surface area contributed by atoms with Crippen molar-refractivity contribution in [3.05, 3.63) is 58.1 Å². The number of methoxy groups -OCH3 is 1. The molecule has 11 heteroatoms. The monoisotopic (exact) mass is 557 g/mol. The maximum Gasteiger partial charge on any atom is 0.244 e. The van der Waals surface area contributed by atoms with Crippen molar-refractivity contribution in [2.24, 2.45) is 0 Å². The fourth-order valence-electron chi connectivity index (χ4n) is 3.69. The number of nitrogens with one attached hydrogen (secondary N) is 1. The molecule has 0 aliphatic rings. The van der Waals surface area contributed by atoms with Crippen molar-refractivity contribution in [1.29, 1.82) is 0 Å². The van der Waals surface area contributed by atoms with Gasteiger partial charge in [0.25, 0.3) is 0 Å². The first-order valence-electron chi connectivity index (χ1n) is 11.6. The van der Waals surface area contributed by atoms with E-state index in [-0.39, 0.29) is 28.2 Å². The fourth-order valence-corrected chi connectivity index (χ4v) is 5.04. The molecule has 1 atom stereocenters. The molecule has 0 aliphatic heterocycles. The summed E-state index contributed by atoms with van der Waals surface area (Å²) in [5.41, 5.74) is 0.893. The highest BCUT2D eigenvalue weighted by molar-refractivity contribution is 7.92. The van der Waals surface area contributed by atoms with E-state index in [1.807, 2.05) is 13.0 Å². The number of amides is 2. The minimum Gasteiger partial charge on any atom is -0.497 e. The van der Waals surface area contributed by atoms with Gasteiger partial charge in [0.2, 0.25) is 21.8 Å². The number of sulfonamides is 1. The average Bonchev–Trinajstić information content (AvgIpc) is 2.81. The highest BCUT2D eigenvalue weighted by Crippen LogP contribution is 2.27. The lowest BCUT2D eigenvalue weighted by atomic mass is 10.1. The van der Waals surface area contributed by atoms with Crippen LogP contribution in [0.2, 0.25) is 10.0 Å². The molecular formula is C25H33Cl2N3O5S. The zero-order chi connectivity index (χ0) is 26.9. The van der Waals surface area contributed by atoms with Crippen LogP contribution in [-0.4, -0.2) is 57.6 Å². The topological polar surface area (TPSA) is 96.0 Å². The number of rotatable bonds is 13. The lowest BCUT2D eigenvalue weighted by molar-refractivity contribution is -0.140. The summed E-state index contributed by atoms with van der Waals surface area (Å²) in [6.07, 6.45) is 3.06. The number of benzene rings is 2. The van der Waals surface area contributed by atoms with Crippen LogP contribution in [0.5, 0.6) is 5.75 Å². The predicted molar refractivity (Wildman–Crippen MR) is 144 cm³/mol. The van der Waals surface area contributed by atoms with E-state index in [1.165, 1.54) is 30.2 Å². The Morgan fingerprint density at radius 3 is 2.31 bits per heavy atom. The molecule has 198 valence electrons. The van der Waals surface area contributed by atoms with E-state index < -0.39 is 28.5 Å². The third kappa shape index (κ3) is 8.57. The van der Waals surface area contributed by atoms with Crippen molar-refractivity contribution in [3.8, 4) is 5.75 Å². The molecule has 2 amide bonds. The van der Waals surface area contributed by atoms with Gasteiger partial charge in [-0.1, -0.05) is 55.6 Å². The minimum absolute atomic E-state index is 0.0869. The van der Waals surface area contributed by atoms with E-state index in [1.54, 1.807) is 25.1 Å². The van der Waals surface area contributed by atoms with Gasteiger partial charge in [0, 0.05) is 23.1 Å². The second-order valence-corrected chi connectivity index (χ2v) is 11.1. The number of halogens is 2. The summed E-state index contributed by atoms with van der Waals surface area (Å²) in [7, 11) is -2.35. The zero-order valence-corrected chi connectivity index (χ0v) is 23.3. The molecule has 0 bridgehead atoms. The first kappa shape index (κ1) is 29.7. The van der Waals surface area contributed by atoms with Gasteiger partial charge in [0.1, 0.15) is 18.3 Å². The van der Waals surface area contributed by atoms with Gasteiger partial charge in [0.05, 0.1) is 19.1 Å². The molecule has 8 nitrogen and oxygen atoms in total. The number of anilines is 1. The lowest BCUT2D eigenvalue weighted by Crippen LogP contribution is -2.52. The maximum absolute atomic E-state index is 13.7. The summed E-state index contributed by atoms with van der Waals surface area (Å²) < 4.78 is 31.6. The van der Waals surface area contributed by atoms with Crippen molar-refractivity contribution in [2.45, 2.75) is 45.7 Å². The summed E-state index contributed by atoms with van der Waals surface area (Å²) >= 11 is 12.2. The third-order valence-corrected chi connectivity index (χ3v) is 7.09. The second kappa shape index (κ2) is 13.7. The molecule has 0 spiro atoms. The largest absolute Gasteiger partial charge is 0.497 e. The third-order valence-electron chi connectivity index (χ3n) is 5.52. The lowest BCUT2D eigenvalue weighted by Gasteiger charge is -2.33. The Kier molecular flexibility index (Phi) is 11.3. The average molecular weight is 559 g/mol. The SMILES string of the molecule is CCCCNC(=O)C(CC)N(Cc1cccc(OC)c1)C(=O)CN(c1cc(Cl)cc(Cl)c1)S(C)(=O)=O. The van der Waals surface area contributed by atoms with Gasteiger partial charge >= 0.3 is 0 Å². The summed E-state index contributed by atoms with van der Waals surface area (Å²) in [6.45, 7) is 3.87. The Morgan fingerprint density at radius 1 is 1.08 bits per heavy atom. The van der Waals surface area contributed by atoms with Crippen molar-refractivity contribution in [1.82, 2.24) is 10.2 Å². The molecule has 0 aliphatic carbocycles. The summed E-state index contributed by atoms with van der Waals surface area (Å²) in [4.78, 5) is 28.1. The van der Waals surface area contributed by atoms with Crippen LogP contribution in [0.25, 0.3) is 0 Å². The maximum atomic E-state index is 13.7. The smallest absolute Gasteiger partial charge is 0.244 e. The van der Waals surface area contributed by atoms with Crippen molar-refractivity contribution < 1.29 is 22.7 Å². The molecule has 36 heavy (non-hydrogen) atoms. The van der Waals surface area contributed by atoms with Crippen molar-refractivity contribution in [3.63, 3.8) is 0 Å². The van der Waals surface area contributed by atoms with Gasteiger partial charge in [-0.2, -0.15) is 0 Å². The van der Waals surface area contributed by atoms with Gasteiger partial charge < -0.3 is 15.0 Å². The molecular weight excluding hydrogens is 525 g/mol. The van der Waals surface area contributed by atoms with Crippen LogP contribution in [0.3, 0.4) is 0 Å². The van der Waals surface area contributed by atoms with E-state index in [0.29, 0.717) is 18.7 Å². The Hall–Kier alpha value is -2.49. The highest BCUT2D eigenvalue weighted by atomic mass is 35.5. The van der Waals surface area contributed by atoms with Crippen LogP contribution in [-0.2, 0) is 26.2 Å². The normalized spacial score (nSPS) is 12.1. The number of nitrogens with zero attached hydrogens (tertiary/aromatic N) is 2. The van der Waals surface area contributed by atoms with E-state index in [0.717, 1.165) is 29.0 Å². The van der Waals surface area contributed by atoms with E-state index in [2.05, 4.69) is 5.32 Å². The molecule has 0 fully saturated rings. The minimum atomic E-state index is -3.89. The van der Waals surface area contributed by atoms with Gasteiger partial charge in [-0.3, -0.25) is 13.9 Å². The first-order chi connectivity index (χ1) is 17.0. The highest BCUT2D eigenvalue weighted by Gasteiger charge is 2.31. The van der Waals surface area contributed by atoms with Crippen LogP contribution in [0.4, 0.5) is 5.69 Å². The second-order valence-electron chi connectivity index (χ2n) is 8.34. The van der Waals surface area contributed by atoms with E-state index >= 15 is 0 Å². The fraction of sp³-hybridized carbons (Fsp3) is 0.440. The van der Waals surface area contributed by atoms with Crippen LogP contribution in [0, 0.1) is 0 Å². The summed E-state index contributed by atoms with van der Waals surface area (Å²) in [5.74, 6) is -0.234. The number of ether oxygens (including phenoxy) is 1. The Labute approximate surface area is 223 Å². The van der Waals surface area contributed by atoms with Gasteiger partial charge in [-0.05, 0) is 48.7 Å². The quantitative estimate of drug-likeness (QED) is 0.366. The summed E-state index contributed by atoms with van der Waals surface area (Å²) in [5, 5.41) is 3.34. The zero-order valence-electron chi connectivity index (χ0n) is 21.0. The number of hydrogen-bond donors (Lipinski definition) is 1. The van der Waals surface area contributed by atoms with Crippen LogP contribution < -0.4 is 14.4 Å². The molecule has 2 aromatic carbocycles. The summed E-state index contributed by atoms with van der Waals surface area (Å²) in [6, 6.07) is 10.7. The molecule has 0 saturated heterocycles. The molecule has 2 aromatic rings. The van der Waals surface area contributed by atoms with Crippen LogP contribution >= 0.6 is 23.2 Å². The number of carbonyl (C=O) groups is 2. The van der Waals surface area contributed by atoms with E-state index in [4.69, 9.17) is 27.9 Å². The standard InChI is InChI=1S/C25H33Cl2N3O5S/c1-5-7-11-28-25(32)23(6-2)29(16-18-9-8-10-22(12-18)35-3)24(31)17-30(36(4,33)34)21-14-19(26)13-20(27)15-21/h8-10,12-15,23H,5-7,11,16-17H2,1-4H3,(H,28,32). The molecule has 0 aromatic heterocycles. The van der Waals surface area contributed by atoms with E-state index in [9.17, 15) is 18.0 Å². The predicted octanol–water partition coefficient (Wildman–Crippen LogP) is 4.49. The van der Waals surface area contributed by atoms with Crippen molar-refractivity contribution >= 4 is 50.7 Å². The Bertz CT molecular complexity index is 1140. The number of carbonyl (C=O) groups excluding carboxylic acids is 2. The molecule has 2 rings (SSSR count). The molecule has 0 saturated carbocycles. The molecule has 1 unspecified atom stereocenters. The Morgan fingerprint density at radius 2 is 1.75 bits per heavy atom. The molecule has 0 heterocycles. The molecule has 0 radical (unpaired) electrons. The van der Waals surface area contributed by atoms with Crippen LogP contribution in [0.1, 0.15) is 38.7 Å².